The highest BCUT2D eigenvalue weighted by molar-refractivity contribution is 5.78. The summed E-state index contributed by atoms with van der Waals surface area (Å²) in [5.41, 5.74) is 1.11. The van der Waals surface area contributed by atoms with E-state index in [1.165, 1.54) is 0 Å². The van der Waals surface area contributed by atoms with Crippen LogP contribution in [0.3, 0.4) is 0 Å². The summed E-state index contributed by atoms with van der Waals surface area (Å²) in [6.07, 6.45) is -0.149. The van der Waals surface area contributed by atoms with Crippen molar-refractivity contribution in [2.75, 3.05) is 26.2 Å². The van der Waals surface area contributed by atoms with Crippen molar-refractivity contribution in [2.24, 2.45) is 0 Å². The van der Waals surface area contributed by atoms with Crippen LogP contribution in [0.15, 0.2) is 48.5 Å². The maximum absolute atomic E-state index is 12.4. The number of fused-ring (bicyclic) bond motifs is 2. The summed E-state index contributed by atoms with van der Waals surface area (Å²) < 4.78 is 17.5. The van der Waals surface area contributed by atoms with Gasteiger partial charge in [0.2, 0.25) is 5.91 Å². The molecular formula is C21H24N2O4. The third kappa shape index (κ3) is 4.34. The smallest absolute Gasteiger partial charge is 0.234 e. The maximum Gasteiger partial charge on any atom is 0.234 e. The Morgan fingerprint density at radius 1 is 1.07 bits per heavy atom. The number of carbonyl (C=O) groups is 1. The highest BCUT2D eigenvalue weighted by atomic mass is 16.6. The summed E-state index contributed by atoms with van der Waals surface area (Å²) in [6, 6.07) is 15.6. The molecule has 142 valence electrons. The van der Waals surface area contributed by atoms with Gasteiger partial charge in [0, 0.05) is 18.7 Å². The number of para-hydroxylation sites is 3. The average Bonchev–Trinajstić information content (AvgIpc) is 2.83. The van der Waals surface area contributed by atoms with Crippen molar-refractivity contribution < 1.29 is 19.0 Å². The number of nitrogens with zero attached hydrogens (tertiary/aromatic N) is 1. The molecule has 6 nitrogen and oxygen atoms in total. The first-order valence-electron chi connectivity index (χ1n) is 9.29. The molecule has 1 N–H and O–H groups in total. The van der Waals surface area contributed by atoms with Crippen LogP contribution in [0.25, 0.3) is 0 Å². The van der Waals surface area contributed by atoms with Crippen LogP contribution in [0, 0.1) is 0 Å². The van der Waals surface area contributed by atoms with Crippen LogP contribution >= 0.6 is 0 Å². The molecule has 2 heterocycles. The predicted octanol–water partition coefficient (Wildman–Crippen LogP) is 2.23. The minimum absolute atomic E-state index is 0.0240. The number of amides is 1. The number of ether oxygens (including phenoxy) is 3. The van der Waals surface area contributed by atoms with Gasteiger partial charge in [-0.2, -0.15) is 0 Å². The molecule has 0 spiro atoms. The van der Waals surface area contributed by atoms with Gasteiger partial charge in [0.1, 0.15) is 24.6 Å². The van der Waals surface area contributed by atoms with Gasteiger partial charge in [-0.1, -0.05) is 30.3 Å². The number of benzene rings is 2. The Hall–Kier alpha value is -2.73. The third-order valence-electron chi connectivity index (χ3n) is 4.67. The fourth-order valence-corrected chi connectivity index (χ4v) is 3.44. The molecule has 2 aliphatic rings. The van der Waals surface area contributed by atoms with Crippen LogP contribution in [0.1, 0.15) is 12.5 Å². The summed E-state index contributed by atoms with van der Waals surface area (Å²) in [6.45, 7) is 4.61. The first-order chi connectivity index (χ1) is 13.2. The Morgan fingerprint density at radius 2 is 1.81 bits per heavy atom. The maximum atomic E-state index is 12.4. The van der Waals surface area contributed by atoms with Crippen LogP contribution in [-0.2, 0) is 11.3 Å². The van der Waals surface area contributed by atoms with Gasteiger partial charge in [-0.3, -0.25) is 9.69 Å². The van der Waals surface area contributed by atoms with Gasteiger partial charge in [-0.25, -0.2) is 0 Å². The lowest BCUT2D eigenvalue weighted by atomic mass is 10.2. The van der Waals surface area contributed by atoms with E-state index in [0.717, 1.165) is 22.8 Å². The van der Waals surface area contributed by atoms with Crippen molar-refractivity contribution in [3.8, 4) is 17.2 Å². The Balaban J connectivity index is 1.30. The highest BCUT2D eigenvalue weighted by Crippen LogP contribution is 2.30. The summed E-state index contributed by atoms with van der Waals surface area (Å²) in [4.78, 5) is 14.6. The van der Waals surface area contributed by atoms with Gasteiger partial charge >= 0.3 is 0 Å². The molecule has 1 amide bonds. The molecule has 0 unspecified atom stereocenters. The first kappa shape index (κ1) is 17.7. The second-order valence-electron chi connectivity index (χ2n) is 7.01. The molecule has 0 fully saturated rings. The van der Waals surface area contributed by atoms with E-state index in [1.54, 1.807) is 0 Å². The zero-order valence-electron chi connectivity index (χ0n) is 15.4. The second-order valence-corrected chi connectivity index (χ2v) is 7.01. The first-order valence-corrected chi connectivity index (χ1v) is 9.29. The number of carbonyl (C=O) groups excluding carboxylic acids is 1. The summed E-state index contributed by atoms with van der Waals surface area (Å²) in [5, 5.41) is 2.96. The molecule has 0 bridgehead atoms. The molecule has 2 aromatic rings. The monoisotopic (exact) mass is 368 g/mol. The molecule has 0 radical (unpaired) electrons. The fourth-order valence-electron chi connectivity index (χ4n) is 3.44. The minimum atomic E-state index is -0.184. The normalized spacial score (nSPS) is 21.5. The molecule has 0 aromatic heterocycles. The predicted molar refractivity (Wildman–Crippen MR) is 101 cm³/mol. The van der Waals surface area contributed by atoms with Gasteiger partial charge in [0.25, 0.3) is 0 Å². The largest absolute Gasteiger partial charge is 0.489 e. The van der Waals surface area contributed by atoms with E-state index in [4.69, 9.17) is 14.2 Å². The molecule has 2 atom stereocenters. The fraction of sp³-hybridized carbons (Fsp3) is 0.381. The third-order valence-corrected chi connectivity index (χ3v) is 4.67. The van der Waals surface area contributed by atoms with E-state index in [2.05, 4.69) is 10.2 Å². The zero-order chi connectivity index (χ0) is 18.6. The van der Waals surface area contributed by atoms with Crippen LogP contribution in [-0.4, -0.2) is 49.3 Å². The number of hydrogen-bond acceptors (Lipinski definition) is 5. The van der Waals surface area contributed by atoms with E-state index in [-0.39, 0.29) is 18.1 Å². The molecular weight excluding hydrogens is 344 g/mol. The van der Waals surface area contributed by atoms with Gasteiger partial charge in [0.05, 0.1) is 13.1 Å². The van der Waals surface area contributed by atoms with Crippen molar-refractivity contribution in [3.63, 3.8) is 0 Å². The van der Waals surface area contributed by atoms with Crippen molar-refractivity contribution in [1.29, 1.82) is 0 Å². The lowest BCUT2D eigenvalue weighted by molar-refractivity contribution is -0.123. The molecule has 0 saturated heterocycles. The zero-order valence-corrected chi connectivity index (χ0v) is 15.4. The van der Waals surface area contributed by atoms with Crippen LogP contribution < -0.4 is 19.5 Å². The van der Waals surface area contributed by atoms with Crippen molar-refractivity contribution in [1.82, 2.24) is 10.2 Å². The standard InChI is InChI=1S/C21H24N2O4/c1-15-11-23(12-16-6-2-3-7-18(16)26-15)13-21(24)22-10-17-14-25-19-8-4-5-9-20(19)27-17/h2-9,15,17H,10-14H2,1H3,(H,22,24)/t15-,17+/m1/s1. The molecule has 2 aromatic carbocycles. The lowest BCUT2D eigenvalue weighted by Crippen LogP contribution is -2.45. The average molecular weight is 368 g/mol. The SMILES string of the molecule is C[C@@H]1CN(CC(=O)NC[C@H]2COc3ccccc3O2)Cc2ccccc2O1. The molecule has 27 heavy (non-hydrogen) atoms. The molecule has 0 aliphatic carbocycles. The van der Waals surface area contributed by atoms with Crippen molar-refractivity contribution in [3.05, 3.63) is 54.1 Å². The van der Waals surface area contributed by atoms with Gasteiger partial charge in [0.15, 0.2) is 11.5 Å². The van der Waals surface area contributed by atoms with Gasteiger partial charge < -0.3 is 19.5 Å². The second kappa shape index (κ2) is 7.88. The lowest BCUT2D eigenvalue weighted by Gasteiger charge is -2.27. The summed E-state index contributed by atoms with van der Waals surface area (Å²) >= 11 is 0. The van der Waals surface area contributed by atoms with E-state index in [9.17, 15) is 4.79 Å². The van der Waals surface area contributed by atoms with E-state index >= 15 is 0 Å². The van der Waals surface area contributed by atoms with Gasteiger partial charge in [-0.15, -0.1) is 0 Å². The van der Waals surface area contributed by atoms with E-state index in [1.807, 2.05) is 55.5 Å². The summed E-state index contributed by atoms with van der Waals surface area (Å²) in [5.74, 6) is 2.35. The highest BCUT2D eigenvalue weighted by Gasteiger charge is 2.24. The quantitative estimate of drug-likeness (QED) is 0.897. The molecule has 0 saturated carbocycles. The number of rotatable bonds is 4. The molecule has 4 rings (SSSR count). The van der Waals surface area contributed by atoms with Crippen LogP contribution in [0.4, 0.5) is 0 Å². The van der Waals surface area contributed by atoms with Crippen LogP contribution in [0.5, 0.6) is 17.2 Å². The van der Waals surface area contributed by atoms with E-state index < -0.39 is 0 Å². The molecule has 6 heteroatoms. The number of hydrogen-bond donors (Lipinski definition) is 1. The Labute approximate surface area is 159 Å². The van der Waals surface area contributed by atoms with Crippen molar-refractivity contribution >= 4 is 5.91 Å². The Morgan fingerprint density at radius 3 is 2.67 bits per heavy atom. The Bertz CT molecular complexity index is 810. The van der Waals surface area contributed by atoms with E-state index in [0.29, 0.717) is 32.8 Å². The topological polar surface area (TPSA) is 60.0 Å². The summed E-state index contributed by atoms with van der Waals surface area (Å²) in [7, 11) is 0. The van der Waals surface area contributed by atoms with Crippen molar-refractivity contribution in [2.45, 2.75) is 25.7 Å². The van der Waals surface area contributed by atoms with Gasteiger partial charge in [-0.05, 0) is 25.1 Å². The molecule has 2 aliphatic heterocycles. The number of nitrogens with one attached hydrogen (secondary N) is 1. The van der Waals surface area contributed by atoms with Crippen LogP contribution in [0.2, 0.25) is 0 Å². The minimum Gasteiger partial charge on any atom is -0.489 e. The Kier molecular flexibility index (Phi) is 5.16.